The summed E-state index contributed by atoms with van der Waals surface area (Å²) in [6.45, 7) is 0. The molecule has 0 saturated carbocycles. The van der Waals surface area contributed by atoms with Crippen LogP contribution in [0.3, 0.4) is 0 Å². The van der Waals surface area contributed by atoms with Gasteiger partial charge in [0.2, 0.25) is 0 Å². The standard InChI is InChI=1S/C8H9ClSe/c9-6-5-7-3-1-2-4-8(7)10/h1-4,10H,5-6H2. The molecule has 1 aromatic carbocycles. The molecule has 0 spiro atoms. The van der Waals surface area contributed by atoms with Crippen molar-refractivity contribution in [2.45, 2.75) is 6.42 Å². The van der Waals surface area contributed by atoms with Crippen LogP contribution >= 0.6 is 11.6 Å². The van der Waals surface area contributed by atoms with Crippen molar-refractivity contribution in [3.05, 3.63) is 29.8 Å². The van der Waals surface area contributed by atoms with Gasteiger partial charge >= 0.3 is 74.2 Å². The Balaban J connectivity index is 2.81. The summed E-state index contributed by atoms with van der Waals surface area (Å²) in [5.74, 6) is 0.703. The van der Waals surface area contributed by atoms with Gasteiger partial charge in [0.1, 0.15) is 0 Å². The molecular weight excluding hydrogens is 211 g/mol. The van der Waals surface area contributed by atoms with E-state index in [0.717, 1.165) is 6.42 Å². The molecule has 0 N–H and O–H groups in total. The second kappa shape index (κ2) is 4.02. The van der Waals surface area contributed by atoms with Crippen molar-refractivity contribution in [2.75, 3.05) is 5.88 Å². The summed E-state index contributed by atoms with van der Waals surface area (Å²) in [4.78, 5) is 0. The zero-order chi connectivity index (χ0) is 7.40. The third-order valence-corrected chi connectivity index (χ3v) is 2.46. The Kier molecular flexibility index (Phi) is 3.27. The van der Waals surface area contributed by atoms with Crippen LogP contribution in [0.15, 0.2) is 24.3 Å². The van der Waals surface area contributed by atoms with Gasteiger partial charge in [-0.3, -0.25) is 0 Å². The Bertz CT molecular complexity index is 210. The van der Waals surface area contributed by atoms with Crippen molar-refractivity contribution in [1.29, 1.82) is 0 Å². The van der Waals surface area contributed by atoms with Gasteiger partial charge in [-0.05, 0) is 0 Å². The van der Waals surface area contributed by atoms with Crippen molar-refractivity contribution in [1.82, 2.24) is 0 Å². The summed E-state index contributed by atoms with van der Waals surface area (Å²) in [6.07, 6.45) is 0.965. The van der Waals surface area contributed by atoms with E-state index in [-0.39, 0.29) is 0 Å². The fourth-order valence-corrected chi connectivity index (χ4v) is 1.60. The Morgan fingerprint density at radius 1 is 1.30 bits per heavy atom. The van der Waals surface area contributed by atoms with Gasteiger partial charge in [0, 0.05) is 0 Å². The van der Waals surface area contributed by atoms with E-state index in [9.17, 15) is 0 Å². The first-order chi connectivity index (χ1) is 4.84. The molecule has 0 aliphatic rings. The van der Waals surface area contributed by atoms with E-state index < -0.39 is 0 Å². The molecule has 0 bridgehead atoms. The van der Waals surface area contributed by atoms with Crippen LogP contribution in [0.25, 0.3) is 0 Å². The van der Waals surface area contributed by atoms with Crippen molar-refractivity contribution >= 4 is 32.1 Å². The molecule has 0 aliphatic carbocycles. The molecule has 0 nitrogen and oxygen atoms in total. The van der Waals surface area contributed by atoms with Crippen LogP contribution in [0, 0.1) is 0 Å². The number of hydrogen-bond donors (Lipinski definition) is 0. The Hall–Kier alpha value is 0.0295. The van der Waals surface area contributed by atoms with Crippen molar-refractivity contribution < 1.29 is 0 Å². The van der Waals surface area contributed by atoms with Crippen LogP contribution in [-0.2, 0) is 6.42 Å². The van der Waals surface area contributed by atoms with E-state index >= 15 is 0 Å². The van der Waals surface area contributed by atoms with Crippen LogP contribution in [0.1, 0.15) is 5.56 Å². The van der Waals surface area contributed by atoms with Gasteiger partial charge in [0.05, 0.1) is 0 Å². The monoisotopic (exact) mass is 220 g/mol. The third-order valence-electron chi connectivity index (χ3n) is 1.36. The fourth-order valence-electron chi connectivity index (χ4n) is 0.824. The SMILES string of the molecule is ClCCc1ccccc1[SeH]. The number of benzene rings is 1. The summed E-state index contributed by atoms with van der Waals surface area (Å²) in [6, 6.07) is 8.27. The van der Waals surface area contributed by atoms with Gasteiger partial charge in [-0.1, -0.05) is 0 Å². The summed E-state index contributed by atoms with van der Waals surface area (Å²) >= 11 is 8.16. The molecule has 0 aromatic heterocycles. The molecule has 0 unspecified atom stereocenters. The van der Waals surface area contributed by atoms with E-state index in [1.165, 1.54) is 10.0 Å². The molecule has 54 valence electrons. The number of halogens is 1. The minimum atomic E-state index is 0.703. The minimum absolute atomic E-state index is 0.703. The van der Waals surface area contributed by atoms with Crippen molar-refractivity contribution in [2.24, 2.45) is 0 Å². The van der Waals surface area contributed by atoms with Crippen LogP contribution in [-0.4, -0.2) is 21.9 Å². The molecular formula is C8H9ClSe. The molecule has 10 heavy (non-hydrogen) atoms. The molecule has 0 saturated heterocycles. The summed E-state index contributed by atoms with van der Waals surface area (Å²) < 4.78 is 1.27. The maximum absolute atomic E-state index is 5.60. The second-order valence-corrected chi connectivity index (χ2v) is 3.46. The molecule has 0 amide bonds. The van der Waals surface area contributed by atoms with E-state index in [2.05, 4.69) is 28.1 Å². The van der Waals surface area contributed by atoms with Gasteiger partial charge in [-0.25, -0.2) is 0 Å². The van der Waals surface area contributed by atoms with E-state index in [4.69, 9.17) is 11.6 Å². The molecule has 0 aliphatic heterocycles. The molecule has 0 fully saturated rings. The summed E-state index contributed by atoms with van der Waals surface area (Å²) in [5.41, 5.74) is 1.33. The molecule has 0 atom stereocenters. The van der Waals surface area contributed by atoms with Crippen LogP contribution in [0.2, 0.25) is 0 Å². The Labute approximate surface area is 74.4 Å². The average Bonchev–Trinajstić information content (AvgIpc) is 1.94. The first-order valence-corrected chi connectivity index (χ1v) is 4.64. The predicted octanol–water partition coefficient (Wildman–Crippen LogP) is 0.994. The van der Waals surface area contributed by atoms with Crippen molar-refractivity contribution in [3.8, 4) is 0 Å². The van der Waals surface area contributed by atoms with Gasteiger partial charge in [-0.15, -0.1) is 0 Å². The molecule has 2 heteroatoms. The molecule has 0 radical (unpaired) electrons. The van der Waals surface area contributed by atoms with E-state index in [1.54, 1.807) is 0 Å². The first kappa shape index (κ1) is 8.13. The summed E-state index contributed by atoms with van der Waals surface area (Å²) in [7, 11) is 0. The van der Waals surface area contributed by atoms with Gasteiger partial charge in [0.25, 0.3) is 0 Å². The fraction of sp³-hybridized carbons (Fsp3) is 0.250. The Morgan fingerprint density at radius 3 is 2.60 bits per heavy atom. The number of hydrogen-bond acceptors (Lipinski definition) is 0. The van der Waals surface area contributed by atoms with E-state index in [0.29, 0.717) is 5.88 Å². The maximum atomic E-state index is 5.60. The molecule has 0 heterocycles. The zero-order valence-corrected chi connectivity index (χ0v) is 8.18. The normalized spacial score (nSPS) is 9.80. The molecule has 1 aromatic rings. The molecule has 1 rings (SSSR count). The topological polar surface area (TPSA) is 0 Å². The predicted molar refractivity (Wildman–Crippen MR) is 47.6 cm³/mol. The second-order valence-electron chi connectivity index (χ2n) is 2.07. The first-order valence-electron chi connectivity index (χ1n) is 3.17. The van der Waals surface area contributed by atoms with Crippen molar-refractivity contribution in [3.63, 3.8) is 0 Å². The number of rotatable bonds is 2. The number of alkyl halides is 1. The van der Waals surface area contributed by atoms with Gasteiger partial charge in [-0.2, -0.15) is 0 Å². The number of aryl methyl sites for hydroxylation is 1. The average molecular weight is 220 g/mol. The van der Waals surface area contributed by atoms with Crippen LogP contribution < -0.4 is 4.46 Å². The van der Waals surface area contributed by atoms with Gasteiger partial charge < -0.3 is 0 Å². The van der Waals surface area contributed by atoms with Crippen LogP contribution in [0.5, 0.6) is 0 Å². The zero-order valence-electron chi connectivity index (χ0n) is 5.55. The third kappa shape index (κ3) is 2.02. The quantitative estimate of drug-likeness (QED) is 0.514. The van der Waals surface area contributed by atoms with Gasteiger partial charge in [0.15, 0.2) is 0 Å². The Morgan fingerprint density at radius 2 is 2.00 bits per heavy atom. The summed E-state index contributed by atoms with van der Waals surface area (Å²) in [5, 5.41) is 0. The van der Waals surface area contributed by atoms with Crippen LogP contribution in [0.4, 0.5) is 0 Å². The van der Waals surface area contributed by atoms with E-state index in [1.807, 2.05) is 12.1 Å².